The summed E-state index contributed by atoms with van der Waals surface area (Å²) in [7, 11) is 0. The highest BCUT2D eigenvalue weighted by Gasteiger charge is 2.38. The van der Waals surface area contributed by atoms with E-state index in [4.69, 9.17) is 14.2 Å². The molecule has 3 aliphatic rings. The van der Waals surface area contributed by atoms with Crippen molar-refractivity contribution >= 4 is 0 Å². The van der Waals surface area contributed by atoms with Gasteiger partial charge < -0.3 is 19.5 Å². The van der Waals surface area contributed by atoms with Crippen LogP contribution < -0.4 is 5.32 Å². The quantitative estimate of drug-likeness (QED) is 0.746. The predicted octanol–water partition coefficient (Wildman–Crippen LogP) is 1.73. The maximum Gasteiger partial charge on any atom is 0.0741 e. The fourth-order valence-corrected chi connectivity index (χ4v) is 3.16. The number of hydrogen-bond acceptors (Lipinski definition) is 4. The molecule has 2 aliphatic heterocycles. The van der Waals surface area contributed by atoms with Gasteiger partial charge in [0.05, 0.1) is 12.2 Å². The van der Waals surface area contributed by atoms with Crippen molar-refractivity contribution in [3.8, 4) is 0 Å². The summed E-state index contributed by atoms with van der Waals surface area (Å²) < 4.78 is 17.2. The molecule has 3 rings (SSSR count). The maximum atomic E-state index is 6.05. The molecule has 4 heteroatoms. The summed E-state index contributed by atoms with van der Waals surface area (Å²) >= 11 is 0. The smallest absolute Gasteiger partial charge is 0.0741 e. The van der Waals surface area contributed by atoms with Gasteiger partial charge in [0.1, 0.15) is 0 Å². The van der Waals surface area contributed by atoms with Crippen molar-refractivity contribution in [2.75, 3.05) is 39.6 Å². The Morgan fingerprint density at radius 2 is 1.95 bits per heavy atom. The summed E-state index contributed by atoms with van der Waals surface area (Å²) in [6.07, 6.45) is 7.13. The molecule has 2 saturated heterocycles. The van der Waals surface area contributed by atoms with Gasteiger partial charge in [-0.2, -0.15) is 0 Å². The van der Waals surface area contributed by atoms with Crippen LogP contribution in [0.25, 0.3) is 0 Å². The molecule has 2 heterocycles. The number of hydrogen-bond donors (Lipinski definition) is 1. The van der Waals surface area contributed by atoms with Crippen LogP contribution in [0.2, 0.25) is 0 Å². The molecular weight excluding hydrogens is 242 g/mol. The van der Waals surface area contributed by atoms with Crippen molar-refractivity contribution in [1.82, 2.24) is 5.32 Å². The molecule has 19 heavy (non-hydrogen) atoms. The van der Waals surface area contributed by atoms with Crippen molar-refractivity contribution in [1.29, 1.82) is 0 Å². The van der Waals surface area contributed by atoms with Crippen LogP contribution in [0, 0.1) is 5.92 Å². The van der Waals surface area contributed by atoms with Gasteiger partial charge in [-0.3, -0.25) is 0 Å². The molecule has 4 nitrogen and oxygen atoms in total. The van der Waals surface area contributed by atoms with Gasteiger partial charge in [-0.15, -0.1) is 0 Å². The Hall–Kier alpha value is -0.160. The van der Waals surface area contributed by atoms with Crippen molar-refractivity contribution < 1.29 is 14.2 Å². The fraction of sp³-hybridized carbons (Fsp3) is 1.00. The monoisotopic (exact) mass is 269 g/mol. The summed E-state index contributed by atoms with van der Waals surface area (Å²) in [5.41, 5.74) is 0.100. The SMILES string of the molecule is C(COCC1CC1)NC1CCOC2(CCOCC2)C1. The van der Waals surface area contributed by atoms with E-state index in [0.717, 1.165) is 71.2 Å². The van der Waals surface area contributed by atoms with Gasteiger partial charge in [-0.25, -0.2) is 0 Å². The van der Waals surface area contributed by atoms with E-state index in [1.807, 2.05) is 0 Å². The molecular formula is C15H27NO3. The molecule has 0 radical (unpaired) electrons. The highest BCUT2D eigenvalue weighted by Crippen LogP contribution is 2.34. The summed E-state index contributed by atoms with van der Waals surface area (Å²) in [5, 5.41) is 3.64. The molecule has 110 valence electrons. The topological polar surface area (TPSA) is 39.7 Å². The van der Waals surface area contributed by atoms with Crippen LogP contribution in [0.3, 0.4) is 0 Å². The highest BCUT2D eigenvalue weighted by atomic mass is 16.5. The van der Waals surface area contributed by atoms with E-state index in [9.17, 15) is 0 Å². The lowest BCUT2D eigenvalue weighted by Crippen LogP contribution is -2.50. The van der Waals surface area contributed by atoms with Crippen molar-refractivity contribution in [2.24, 2.45) is 5.92 Å². The lowest BCUT2D eigenvalue weighted by Gasteiger charge is -2.43. The van der Waals surface area contributed by atoms with Crippen LogP contribution in [0.4, 0.5) is 0 Å². The second kappa shape index (κ2) is 6.53. The van der Waals surface area contributed by atoms with Gasteiger partial charge in [0.2, 0.25) is 0 Å². The molecule has 1 spiro atoms. The lowest BCUT2D eigenvalue weighted by atomic mass is 9.84. The Labute approximate surface area is 116 Å². The fourth-order valence-electron chi connectivity index (χ4n) is 3.16. The van der Waals surface area contributed by atoms with Crippen LogP contribution in [-0.2, 0) is 14.2 Å². The normalized spacial score (nSPS) is 30.6. The standard InChI is InChI=1S/C15H27NO3/c1-2-13(1)12-18-10-6-16-14-3-7-19-15(11-14)4-8-17-9-5-15/h13-14,16H,1-12H2. The molecule has 0 amide bonds. The van der Waals surface area contributed by atoms with Crippen LogP contribution in [0.1, 0.15) is 38.5 Å². The molecule has 0 bridgehead atoms. The minimum atomic E-state index is 0.100. The molecule has 1 aliphatic carbocycles. The zero-order chi connectivity index (χ0) is 13.0. The third kappa shape index (κ3) is 4.15. The van der Waals surface area contributed by atoms with E-state index in [-0.39, 0.29) is 5.60 Å². The van der Waals surface area contributed by atoms with Gasteiger partial charge in [-0.1, -0.05) is 0 Å². The third-order valence-electron chi connectivity index (χ3n) is 4.63. The molecule has 0 aromatic heterocycles. The van der Waals surface area contributed by atoms with E-state index in [2.05, 4.69) is 5.32 Å². The summed E-state index contributed by atoms with van der Waals surface area (Å²) in [6.45, 7) is 5.40. The van der Waals surface area contributed by atoms with E-state index >= 15 is 0 Å². The molecule has 0 aromatic carbocycles. The van der Waals surface area contributed by atoms with Crippen molar-refractivity contribution in [3.63, 3.8) is 0 Å². The second-order valence-corrected chi connectivity index (χ2v) is 6.31. The van der Waals surface area contributed by atoms with E-state index in [1.165, 1.54) is 12.8 Å². The van der Waals surface area contributed by atoms with E-state index < -0.39 is 0 Å². The van der Waals surface area contributed by atoms with Crippen LogP contribution in [-0.4, -0.2) is 51.2 Å². The third-order valence-corrected chi connectivity index (χ3v) is 4.63. The molecule has 1 atom stereocenters. The first-order chi connectivity index (χ1) is 9.36. The first-order valence-electron chi connectivity index (χ1n) is 7.89. The Morgan fingerprint density at radius 3 is 2.74 bits per heavy atom. The highest BCUT2D eigenvalue weighted by molar-refractivity contribution is 4.91. The summed E-state index contributed by atoms with van der Waals surface area (Å²) in [5.74, 6) is 0.869. The number of ether oxygens (including phenoxy) is 3. The maximum absolute atomic E-state index is 6.05. The first-order valence-corrected chi connectivity index (χ1v) is 7.89. The van der Waals surface area contributed by atoms with Gasteiger partial charge in [-0.05, 0) is 44.4 Å². The zero-order valence-corrected chi connectivity index (χ0v) is 11.9. The molecule has 1 saturated carbocycles. The molecule has 1 unspecified atom stereocenters. The van der Waals surface area contributed by atoms with Gasteiger partial charge >= 0.3 is 0 Å². The van der Waals surface area contributed by atoms with Crippen molar-refractivity contribution in [3.05, 3.63) is 0 Å². The zero-order valence-electron chi connectivity index (χ0n) is 11.9. The lowest BCUT2D eigenvalue weighted by molar-refractivity contribution is -0.140. The molecule has 3 fully saturated rings. The Morgan fingerprint density at radius 1 is 1.11 bits per heavy atom. The second-order valence-electron chi connectivity index (χ2n) is 6.31. The van der Waals surface area contributed by atoms with Crippen molar-refractivity contribution in [2.45, 2.75) is 50.2 Å². The molecule has 0 aromatic rings. The van der Waals surface area contributed by atoms with Crippen LogP contribution in [0.5, 0.6) is 0 Å². The molecule has 1 N–H and O–H groups in total. The predicted molar refractivity (Wildman–Crippen MR) is 73.3 cm³/mol. The van der Waals surface area contributed by atoms with Gasteiger partial charge in [0.25, 0.3) is 0 Å². The van der Waals surface area contributed by atoms with E-state index in [0.29, 0.717) is 6.04 Å². The number of rotatable bonds is 6. The summed E-state index contributed by atoms with van der Waals surface area (Å²) in [4.78, 5) is 0. The Kier molecular flexibility index (Phi) is 4.74. The average Bonchev–Trinajstić information content (AvgIpc) is 3.24. The first kappa shape index (κ1) is 13.8. The largest absolute Gasteiger partial charge is 0.381 e. The number of nitrogens with one attached hydrogen (secondary N) is 1. The Bertz CT molecular complexity index is 269. The summed E-state index contributed by atoms with van der Waals surface area (Å²) in [6, 6.07) is 0.594. The van der Waals surface area contributed by atoms with E-state index in [1.54, 1.807) is 0 Å². The Balaban J connectivity index is 1.33. The average molecular weight is 269 g/mol. The minimum Gasteiger partial charge on any atom is -0.381 e. The van der Waals surface area contributed by atoms with Crippen LogP contribution in [0.15, 0.2) is 0 Å². The van der Waals surface area contributed by atoms with Gasteiger partial charge in [0, 0.05) is 39.0 Å². The minimum absolute atomic E-state index is 0.100. The van der Waals surface area contributed by atoms with Gasteiger partial charge in [0.15, 0.2) is 0 Å². The van der Waals surface area contributed by atoms with Crippen LogP contribution >= 0.6 is 0 Å².